The van der Waals surface area contributed by atoms with Crippen LogP contribution in [0.5, 0.6) is 0 Å². The number of carboxylic acid groups (broad SMARTS) is 1. The number of carbonyl (C=O) groups is 2. The minimum absolute atomic E-state index is 0.173. The molecule has 1 aromatic rings. The van der Waals surface area contributed by atoms with Crippen molar-refractivity contribution in [1.29, 1.82) is 0 Å². The Hall–Kier alpha value is -1.36. The number of benzene rings is 1. The van der Waals surface area contributed by atoms with Gasteiger partial charge in [-0.05, 0) is 49.9 Å². The van der Waals surface area contributed by atoms with Gasteiger partial charge in [-0.25, -0.2) is 4.79 Å². The van der Waals surface area contributed by atoms with Gasteiger partial charge in [0.25, 0.3) is 5.91 Å². The lowest BCUT2D eigenvalue weighted by Gasteiger charge is -2.35. The summed E-state index contributed by atoms with van der Waals surface area (Å²) in [6, 6.07) is 5.46. The summed E-state index contributed by atoms with van der Waals surface area (Å²) in [5.74, 6) is -1.06. The Bertz CT molecular complexity index is 573. The molecule has 1 fully saturated rings. The van der Waals surface area contributed by atoms with Crippen LogP contribution in [0, 0.1) is 6.92 Å². The van der Waals surface area contributed by atoms with Crippen molar-refractivity contribution >= 4 is 27.8 Å². The molecule has 1 aliphatic rings. The van der Waals surface area contributed by atoms with Gasteiger partial charge in [0.1, 0.15) is 5.54 Å². The number of halogens is 1. The highest BCUT2D eigenvalue weighted by Gasteiger charge is 2.49. The molecule has 5 heteroatoms. The molecule has 4 nitrogen and oxygen atoms in total. The number of aliphatic carboxylic acids is 1. The standard InChI is InChI=1S/C16H20BrNO3/c1-3-7-16(15(20)21)8-4-9-18(16)14(19)13-6-5-12(17)10-11(13)2/h5-6,10H,3-4,7-9H2,1-2H3,(H,20,21). The predicted molar refractivity (Wildman–Crippen MR) is 84.4 cm³/mol. The quantitative estimate of drug-likeness (QED) is 0.899. The second kappa shape index (κ2) is 6.18. The van der Waals surface area contributed by atoms with Crippen molar-refractivity contribution in [2.75, 3.05) is 6.54 Å². The van der Waals surface area contributed by atoms with Crippen LogP contribution in [0.3, 0.4) is 0 Å². The summed E-state index contributed by atoms with van der Waals surface area (Å²) >= 11 is 3.38. The van der Waals surface area contributed by atoms with Crippen LogP contribution in [0.25, 0.3) is 0 Å². The first-order valence-electron chi connectivity index (χ1n) is 7.24. The summed E-state index contributed by atoms with van der Waals surface area (Å²) in [4.78, 5) is 26.2. The molecule has 0 aromatic heterocycles. The topological polar surface area (TPSA) is 57.6 Å². The van der Waals surface area contributed by atoms with Gasteiger partial charge in [0.15, 0.2) is 0 Å². The van der Waals surface area contributed by atoms with E-state index in [0.717, 1.165) is 22.9 Å². The van der Waals surface area contributed by atoms with Gasteiger partial charge in [-0.15, -0.1) is 0 Å². The van der Waals surface area contributed by atoms with Crippen LogP contribution in [0.4, 0.5) is 0 Å². The van der Waals surface area contributed by atoms with Gasteiger partial charge in [-0.3, -0.25) is 4.79 Å². The highest BCUT2D eigenvalue weighted by molar-refractivity contribution is 9.10. The third kappa shape index (κ3) is 2.84. The fourth-order valence-electron chi connectivity index (χ4n) is 3.19. The Balaban J connectivity index is 2.39. The van der Waals surface area contributed by atoms with Crippen LogP contribution in [0.15, 0.2) is 22.7 Å². The first kappa shape index (κ1) is 16.0. The summed E-state index contributed by atoms with van der Waals surface area (Å²) in [5.41, 5.74) is 0.407. The van der Waals surface area contributed by atoms with Crippen molar-refractivity contribution in [1.82, 2.24) is 4.90 Å². The van der Waals surface area contributed by atoms with Crippen molar-refractivity contribution in [3.05, 3.63) is 33.8 Å². The molecule has 1 N–H and O–H groups in total. The van der Waals surface area contributed by atoms with Crippen LogP contribution in [0.2, 0.25) is 0 Å². The van der Waals surface area contributed by atoms with Crippen LogP contribution in [-0.2, 0) is 4.79 Å². The second-order valence-corrected chi connectivity index (χ2v) is 6.52. The molecule has 1 saturated heterocycles. The molecule has 2 rings (SSSR count). The van der Waals surface area contributed by atoms with E-state index in [1.165, 1.54) is 0 Å². The molecule has 0 spiro atoms. The lowest BCUT2D eigenvalue weighted by atomic mass is 9.90. The van der Waals surface area contributed by atoms with Crippen molar-refractivity contribution in [2.24, 2.45) is 0 Å². The molecule has 114 valence electrons. The van der Waals surface area contributed by atoms with Crippen molar-refractivity contribution in [3.8, 4) is 0 Å². The van der Waals surface area contributed by atoms with Crippen molar-refractivity contribution < 1.29 is 14.7 Å². The molecule has 0 radical (unpaired) electrons. The minimum Gasteiger partial charge on any atom is -0.479 e. The normalized spacial score (nSPS) is 21.6. The zero-order valence-electron chi connectivity index (χ0n) is 12.4. The van der Waals surface area contributed by atoms with E-state index in [1.807, 2.05) is 26.0 Å². The lowest BCUT2D eigenvalue weighted by Crippen LogP contribution is -2.53. The van der Waals surface area contributed by atoms with Crippen molar-refractivity contribution in [3.63, 3.8) is 0 Å². The fourth-order valence-corrected chi connectivity index (χ4v) is 3.67. The van der Waals surface area contributed by atoms with Gasteiger partial charge in [-0.2, -0.15) is 0 Å². The zero-order valence-corrected chi connectivity index (χ0v) is 13.9. The van der Waals surface area contributed by atoms with Gasteiger partial charge in [0.2, 0.25) is 0 Å². The van der Waals surface area contributed by atoms with Crippen LogP contribution >= 0.6 is 15.9 Å². The number of carbonyl (C=O) groups excluding carboxylic acids is 1. The van der Waals surface area contributed by atoms with E-state index in [-0.39, 0.29) is 5.91 Å². The van der Waals surface area contributed by atoms with Crippen molar-refractivity contribution in [2.45, 2.75) is 45.1 Å². The maximum Gasteiger partial charge on any atom is 0.329 e. The summed E-state index contributed by atoms with van der Waals surface area (Å²) in [7, 11) is 0. The number of rotatable bonds is 4. The maximum absolute atomic E-state index is 12.8. The fraction of sp³-hybridized carbons (Fsp3) is 0.500. The molecule has 1 aliphatic heterocycles. The van der Waals surface area contributed by atoms with E-state index >= 15 is 0 Å². The molecule has 1 heterocycles. The SMILES string of the molecule is CCCC1(C(=O)O)CCCN1C(=O)c1ccc(Br)cc1C. The Morgan fingerprint density at radius 2 is 2.14 bits per heavy atom. The smallest absolute Gasteiger partial charge is 0.329 e. The molecular formula is C16H20BrNO3. The minimum atomic E-state index is -1.04. The maximum atomic E-state index is 12.8. The first-order chi connectivity index (χ1) is 9.92. The van der Waals surface area contributed by atoms with Crippen LogP contribution in [0.1, 0.15) is 48.5 Å². The molecule has 1 atom stereocenters. The third-order valence-electron chi connectivity index (χ3n) is 4.21. The molecular weight excluding hydrogens is 334 g/mol. The number of hydrogen-bond acceptors (Lipinski definition) is 2. The van der Waals surface area contributed by atoms with E-state index in [0.29, 0.717) is 24.9 Å². The number of nitrogens with zero attached hydrogens (tertiary/aromatic N) is 1. The van der Waals surface area contributed by atoms with Crippen LogP contribution < -0.4 is 0 Å². The number of aryl methyl sites for hydroxylation is 1. The monoisotopic (exact) mass is 353 g/mol. The predicted octanol–water partition coefficient (Wildman–Crippen LogP) is 3.62. The van der Waals surface area contributed by atoms with E-state index in [9.17, 15) is 14.7 Å². The van der Waals surface area contributed by atoms with Gasteiger partial charge < -0.3 is 10.0 Å². The van der Waals surface area contributed by atoms with E-state index in [1.54, 1.807) is 11.0 Å². The Morgan fingerprint density at radius 3 is 2.71 bits per heavy atom. The highest BCUT2D eigenvalue weighted by atomic mass is 79.9. The first-order valence-corrected chi connectivity index (χ1v) is 8.03. The highest BCUT2D eigenvalue weighted by Crippen LogP contribution is 2.35. The van der Waals surface area contributed by atoms with E-state index in [2.05, 4.69) is 15.9 Å². The van der Waals surface area contributed by atoms with Gasteiger partial charge in [-0.1, -0.05) is 29.3 Å². The zero-order chi connectivity index (χ0) is 15.6. The molecule has 1 amide bonds. The molecule has 0 aliphatic carbocycles. The Labute approximate surface area is 133 Å². The molecule has 1 aromatic carbocycles. The summed E-state index contributed by atoms with van der Waals surface area (Å²) < 4.78 is 0.913. The van der Waals surface area contributed by atoms with E-state index < -0.39 is 11.5 Å². The largest absolute Gasteiger partial charge is 0.479 e. The number of hydrogen-bond donors (Lipinski definition) is 1. The van der Waals surface area contributed by atoms with Gasteiger partial charge in [0, 0.05) is 16.6 Å². The van der Waals surface area contributed by atoms with E-state index in [4.69, 9.17) is 0 Å². The number of amides is 1. The Kier molecular flexibility index (Phi) is 4.71. The summed E-state index contributed by atoms with van der Waals surface area (Å²) in [6.07, 6.45) is 2.53. The average molecular weight is 354 g/mol. The molecule has 0 bridgehead atoms. The third-order valence-corrected chi connectivity index (χ3v) is 4.71. The summed E-state index contributed by atoms with van der Waals surface area (Å²) in [5, 5.41) is 9.67. The molecule has 1 unspecified atom stereocenters. The van der Waals surface area contributed by atoms with Gasteiger partial charge >= 0.3 is 5.97 Å². The van der Waals surface area contributed by atoms with Crippen LogP contribution in [-0.4, -0.2) is 34.0 Å². The molecule has 0 saturated carbocycles. The number of likely N-dealkylation sites (tertiary alicyclic amines) is 1. The van der Waals surface area contributed by atoms with Gasteiger partial charge in [0.05, 0.1) is 0 Å². The molecule has 21 heavy (non-hydrogen) atoms. The Morgan fingerprint density at radius 1 is 1.43 bits per heavy atom. The number of carboxylic acids is 1. The second-order valence-electron chi connectivity index (χ2n) is 5.61. The summed E-state index contributed by atoms with van der Waals surface area (Å²) in [6.45, 7) is 4.34. The lowest BCUT2D eigenvalue weighted by molar-refractivity contribution is -0.148. The average Bonchev–Trinajstić information content (AvgIpc) is 2.83.